The Labute approximate surface area is 157 Å². The molecule has 27 heavy (non-hydrogen) atoms. The lowest BCUT2D eigenvalue weighted by Crippen LogP contribution is -2.27. The first-order valence-corrected chi connectivity index (χ1v) is 8.53. The average molecular weight is 370 g/mol. The molecular formula is C20H22N2O5. The molecule has 3 rings (SSSR count). The number of ketones is 1. The van der Waals surface area contributed by atoms with Crippen LogP contribution in [-0.4, -0.2) is 24.3 Å². The molecule has 0 atom stereocenters. The van der Waals surface area contributed by atoms with E-state index < -0.39 is 11.7 Å². The number of hydrogen-bond donors (Lipinski definition) is 2. The van der Waals surface area contributed by atoms with Crippen LogP contribution in [0.25, 0.3) is 0 Å². The monoisotopic (exact) mass is 370 g/mol. The molecule has 142 valence electrons. The van der Waals surface area contributed by atoms with E-state index in [9.17, 15) is 9.59 Å². The number of carbonyl (C=O) groups is 2. The molecule has 0 fully saturated rings. The van der Waals surface area contributed by atoms with Gasteiger partial charge in [-0.15, -0.1) is 0 Å². The maximum atomic E-state index is 11.9. The Morgan fingerprint density at radius 1 is 1.00 bits per heavy atom. The number of hydrogen-bond acceptors (Lipinski definition) is 6. The normalized spacial score (nSPS) is 12.4. The first-order chi connectivity index (χ1) is 12.7. The number of amides is 1. The van der Waals surface area contributed by atoms with Crippen molar-refractivity contribution in [2.75, 3.05) is 17.4 Å². The standard InChI is InChI=1S/C20H22N2O5/c1-12(23)15-9-17-18(26-11-25-17)10-16(15)21-13-5-7-14(8-6-13)22-19(24)27-20(2,3)4/h5-10,21H,11H2,1-4H3,(H,22,24). The van der Waals surface area contributed by atoms with Crippen LogP contribution in [0.4, 0.5) is 21.9 Å². The van der Waals surface area contributed by atoms with Gasteiger partial charge >= 0.3 is 6.09 Å². The first kappa shape index (κ1) is 18.6. The Morgan fingerprint density at radius 2 is 1.59 bits per heavy atom. The van der Waals surface area contributed by atoms with E-state index in [2.05, 4.69) is 10.6 Å². The molecule has 2 aromatic rings. The van der Waals surface area contributed by atoms with Crippen molar-refractivity contribution >= 4 is 28.9 Å². The maximum Gasteiger partial charge on any atom is 0.412 e. The fourth-order valence-corrected chi connectivity index (χ4v) is 2.55. The van der Waals surface area contributed by atoms with Crippen molar-refractivity contribution in [3.05, 3.63) is 42.0 Å². The van der Waals surface area contributed by atoms with Crippen molar-refractivity contribution in [3.63, 3.8) is 0 Å². The first-order valence-electron chi connectivity index (χ1n) is 8.53. The fraction of sp³-hybridized carbons (Fsp3) is 0.300. The summed E-state index contributed by atoms with van der Waals surface area (Å²) in [6.07, 6.45) is -0.516. The highest BCUT2D eigenvalue weighted by Crippen LogP contribution is 2.38. The number of Topliss-reactive ketones (excluding diaryl/α,β-unsaturated/α-hetero) is 1. The van der Waals surface area contributed by atoms with Crippen LogP contribution in [0, 0.1) is 0 Å². The molecule has 0 unspecified atom stereocenters. The van der Waals surface area contributed by atoms with Crippen LogP contribution in [0.1, 0.15) is 38.1 Å². The molecule has 7 heteroatoms. The van der Waals surface area contributed by atoms with Gasteiger partial charge in [0.1, 0.15) is 5.60 Å². The topological polar surface area (TPSA) is 85.9 Å². The van der Waals surface area contributed by atoms with E-state index >= 15 is 0 Å². The quantitative estimate of drug-likeness (QED) is 0.758. The SMILES string of the molecule is CC(=O)c1cc2c(cc1Nc1ccc(NC(=O)OC(C)(C)C)cc1)OCO2. The van der Waals surface area contributed by atoms with Crippen molar-refractivity contribution in [3.8, 4) is 11.5 Å². The molecule has 0 saturated carbocycles. The van der Waals surface area contributed by atoms with E-state index in [4.69, 9.17) is 14.2 Å². The third kappa shape index (κ3) is 4.69. The zero-order chi connectivity index (χ0) is 19.6. The molecule has 2 aromatic carbocycles. The van der Waals surface area contributed by atoms with Crippen LogP contribution in [0.3, 0.4) is 0 Å². The van der Waals surface area contributed by atoms with Gasteiger partial charge in [0, 0.05) is 23.0 Å². The molecule has 0 aromatic heterocycles. The second-order valence-corrected chi connectivity index (χ2v) is 7.14. The highest BCUT2D eigenvalue weighted by molar-refractivity contribution is 6.01. The molecule has 1 amide bonds. The Balaban J connectivity index is 1.74. The summed E-state index contributed by atoms with van der Waals surface area (Å²) >= 11 is 0. The molecule has 0 radical (unpaired) electrons. The van der Waals surface area contributed by atoms with Gasteiger partial charge in [-0.2, -0.15) is 0 Å². The summed E-state index contributed by atoms with van der Waals surface area (Å²) < 4.78 is 15.9. The Hall–Kier alpha value is -3.22. The molecule has 1 aliphatic heterocycles. The summed E-state index contributed by atoms with van der Waals surface area (Å²) in [6.45, 7) is 7.05. The van der Waals surface area contributed by atoms with Crippen LogP contribution < -0.4 is 20.1 Å². The van der Waals surface area contributed by atoms with E-state index in [-0.39, 0.29) is 12.6 Å². The number of fused-ring (bicyclic) bond motifs is 1. The van der Waals surface area contributed by atoms with Crippen LogP contribution in [0.15, 0.2) is 36.4 Å². The number of carbonyl (C=O) groups excluding carboxylic acids is 2. The second kappa shape index (κ2) is 7.19. The van der Waals surface area contributed by atoms with Crippen molar-refractivity contribution in [2.24, 2.45) is 0 Å². The average Bonchev–Trinajstić information content (AvgIpc) is 3.01. The van der Waals surface area contributed by atoms with Gasteiger partial charge < -0.3 is 19.5 Å². The van der Waals surface area contributed by atoms with E-state index in [0.717, 1.165) is 5.69 Å². The predicted molar refractivity (Wildman–Crippen MR) is 102 cm³/mol. The van der Waals surface area contributed by atoms with Gasteiger partial charge in [0.15, 0.2) is 17.3 Å². The fourth-order valence-electron chi connectivity index (χ4n) is 2.55. The Morgan fingerprint density at radius 3 is 2.19 bits per heavy atom. The lowest BCUT2D eigenvalue weighted by molar-refractivity contribution is 0.0635. The number of anilines is 3. The zero-order valence-electron chi connectivity index (χ0n) is 15.7. The van der Waals surface area contributed by atoms with E-state index in [1.165, 1.54) is 6.92 Å². The van der Waals surface area contributed by atoms with Gasteiger partial charge in [0.25, 0.3) is 0 Å². The number of benzene rings is 2. The van der Waals surface area contributed by atoms with Gasteiger partial charge in [-0.1, -0.05) is 0 Å². The van der Waals surface area contributed by atoms with Crippen LogP contribution in [0.2, 0.25) is 0 Å². The molecule has 1 aliphatic rings. The van der Waals surface area contributed by atoms with E-state index in [1.54, 1.807) is 57.2 Å². The van der Waals surface area contributed by atoms with E-state index in [1.807, 2.05) is 0 Å². The minimum atomic E-state index is -0.561. The van der Waals surface area contributed by atoms with Gasteiger partial charge in [-0.25, -0.2) is 4.79 Å². The molecule has 1 heterocycles. The van der Waals surface area contributed by atoms with Crippen LogP contribution >= 0.6 is 0 Å². The maximum absolute atomic E-state index is 11.9. The summed E-state index contributed by atoms with van der Waals surface area (Å²) in [5.74, 6) is 1.06. The predicted octanol–water partition coefficient (Wildman–Crippen LogP) is 4.71. The summed E-state index contributed by atoms with van der Waals surface area (Å²) in [4.78, 5) is 23.8. The summed E-state index contributed by atoms with van der Waals surface area (Å²) in [7, 11) is 0. The molecule has 0 spiro atoms. The van der Waals surface area contributed by atoms with Crippen molar-refractivity contribution in [2.45, 2.75) is 33.3 Å². The summed E-state index contributed by atoms with van der Waals surface area (Å²) in [5.41, 5.74) is 1.93. The Kier molecular flexibility index (Phi) is 4.94. The van der Waals surface area contributed by atoms with Crippen molar-refractivity contribution in [1.82, 2.24) is 0 Å². The molecular weight excluding hydrogens is 348 g/mol. The minimum absolute atomic E-state index is 0.0842. The van der Waals surface area contributed by atoms with Crippen molar-refractivity contribution < 1.29 is 23.8 Å². The zero-order valence-corrected chi connectivity index (χ0v) is 15.7. The summed E-state index contributed by atoms with van der Waals surface area (Å²) in [5, 5.41) is 5.88. The summed E-state index contributed by atoms with van der Waals surface area (Å²) in [6, 6.07) is 10.5. The van der Waals surface area contributed by atoms with Crippen LogP contribution in [0.5, 0.6) is 11.5 Å². The smallest absolute Gasteiger partial charge is 0.412 e. The molecule has 0 saturated heterocycles. The third-order valence-electron chi connectivity index (χ3n) is 3.70. The number of rotatable bonds is 4. The minimum Gasteiger partial charge on any atom is -0.454 e. The molecule has 2 N–H and O–H groups in total. The highest BCUT2D eigenvalue weighted by atomic mass is 16.7. The van der Waals surface area contributed by atoms with Gasteiger partial charge in [0.05, 0.1) is 5.69 Å². The van der Waals surface area contributed by atoms with Crippen LogP contribution in [-0.2, 0) is 4.74 Å². The lowest BCUT2D eigenvalue weighted by Gasteiger charge is -2.19. The highest BCUT2D eigenvalue weighted by Gasteiger charge is 2.19. The van der Waals surface area contributed by atoms with Gasteiger partial charge in [-0.3, -0.25) is 10.1 Å². The second-order valence-electron chi connectivity index (χ2n) is 7.14. The molecule has 7 nitrogen and oxygen atoms in total. The van der Waals surface area contributed by atoms with E-state index in [0.29, 0.717) is 28.4 Å². The Bertz CT molecular complexity index is 869. The lowest BCUT2D eigenvalue weighted by atomic mass is 10.1. The largest absolute Gasteiger partial charge is 0.454 e. The molecule has 0 bridgehead atoms. The number of nitrogens with one attached hydrogen (secondary N) is 2. The molecule has 0 aliphatic carbocycles. The number of ether oxygens (including phenoxy) is 3. The van der Waals surface area contributed by atoms with Gasteiger partial charge in [0.2, 0.25) is 6.79 Å². The van der Waals surface area contributed by atoms with Gasteiger partial charge in [-0.05, 0) is 58.0 Å². The third-order valence-corrected chi connectivity index (χ3v) is 3.70. The van der Waals surface area contributed by atoms with Crippen molar-refractivity contribution in [1.29, 1.82) is 0 Å².